The predicted octanol–water partition coefficient (Wildman–Crippen LogP) is 3.06. The van der Waals surface area contributed by atoms with Crippen molar-refractivity contribution in [3.8, 4) is 0 Å². The molecule has 5 heteroatoms. The summed E-state index contributed by atoms with van der Waals surface area (Å²) in [6, 6.07) is 8.71. The topological polar surface area (TPSA) is 50.7 Å². The van der Waals surface area contributed by atoms with Gasteiger partial charge in [0.05, 0.1) is 0 Å². The van der Waals surface area contributed by atoms with Crippen molar-refractivity contribution in [2.45, 2.75) is 32.7 Å². The average molecular weight is 248 g/mol. The van der Waals surface area contributed by atoms with Crippen LogP contribution in [0.25, 0.3) is 0 Å². The Bertz CT molecular complexity index is 438. The Morgan fingerprint density at radius 1 is 1.29 bits per heavy atom. The molecule has 0 aliphatic heterocycles. The van der Waals surface area contributed by atoms with Crippen molar-refractivity contribution in [1.29, 1.82) is 0 Å². The Morgan fingerprint density at radius 3 is 2.65 bits per heavy atom. The number of aromatic nitrogens is 3. The zero-order valence-electron chi connectivity index (χ0n) is 10.1. The Labute approximate surface area is 105 Å². The lowest BCUT2D eigenvalue weighted by molar-refractivity contribution is 0.733. The number of anilines is 1. The van der Waals surface area contributed by atoms with Gasteiger partial charge in [0, 0.05) is 18.1 Å². The van der Waals surface area contributed by atoms with Gasteiger partial charge < -0.3 is 5.32 Å². The van der Waals surface area contributed by atoms with E-state index < -0.39 is 0 Å². The van der Waals surface area contributed by atoms with E-state index in [1.165, 1.54) is 29.1 Å². The maximum atomic E-state index is 3.84. The smallest absolute Gasteiger partial charge is 0.225 e. The van der Waals surface area contributed by atoms with Crippen molar-refractivity contribution >= 4 is 16.7 Å². The van der Waals surface area contributed by atoms with Gasteiger partial charge in [-0.2, -0.15) is 0 Å². The fraction of sp³-hybridized carbons (Fsp3) is 0.417. The lowest BCUT2D eigenvalue weighted by Crippen LogP contribution is -1.99. The van der Waals surface area contributed by atoms with Crippen LogP contribution in [0.3, 0.4) is 0 Å². The Kier molecular flexibility index (Phi) is 4.03. The summed E-state index contributed by atoms with van der Waals surface area (Å²) >= 11 is 1.27. The highest BCUT2D eigenvalue weighted by Gasteiger charge is 2.02. The van der Waals surface area contributed by atoms with Crippen LogP contribution in [0.4, 0.5) is 5.13 Å². The lowest BCUT2D eigenvalue weighted by atomic mass is 9.98. The Hall–Kier alpha value is -1.49. The number of hydrogen-bond donors (Lipinski definition) is 1. The number of nitrogens with zero attached hydrogens (tertiary/aromatic N) is 3. The van der Waals surface area contributed by atoms with Crippen LogP contribution in [0, 0.1) is 0 Å². The summed E-state index contributed by atoms with van der Waals surface area (Å²) in [5.41, 5.74) is 2.64. The van der Waals surface area contributed by atoms with E-state index in [4.69, 9.17) is 0 Å². The second kappa shape index (κ2) is 5.72. The molecule has 1 heterocycles. The van der Waals surface area contributed by atoms with Crippen LogP contribution in [0.2, 0.25) is 0 Å². The second-order valence-electron chi connectivity index (χ2n) is 4.07. The van der Waals surface area contributed by atoms with Gasteiger partial charge in [-0.05, 0) is 28.7 Å². The molecule has 1 aromatic carbocycles. The summed E-state index contributed by atoms with van der Waals surface area (Å²) in [6.45, 7) is 5.22. The molecular weight excluding hydrogens is 232 g/mol. The molecule has 0 amide bonds. The zero-order valence-corrected chi connectivity index (χ0v) is 10.9. The van der Waals surface area contributed by atoms with E-state index in [1.54, 1.807) is 0 Å². The van der Waals surface area contributed by atoms with Gasteiger partial charge >= 0.3 is 0 Å². The Balaban J connectivity index is 1.94. The van der Waals surface area contributed by atoms with Gasteiger partial charge in [-0.15, -0.1) is 0 Å². The van der Waals surface area contributed by atoms with Crippen LogP contribution in [-0.2, 0) is 6.54 Å². The highest BCUT2D eigenvalue weighted by molar-refractivity contribution is 7.09. The summed E-state index contributed by atoms with van der Waals surface area (Å²) in [7, 11) is 0. The molecule has 0 saturated carbocycles. The fourth-order valence-corrected chi connectivity index (χ4v) is 1.94. The summed E-state index contributed by atoms with van der Waals surface area (Å²) in [5, 5.41) is 11.3. The third-order valence-electron chi connectivity index (χ3n) is 2.90. The maximum absolute atomic E-state index is 3.84. The number of rotatable bonds is 5. The van der Waals surface area contributed by atoms with Gasteiger partial charge in [0.2, 0.25) is 5.13 Å². The van der Waals surface area contributed by atoms with E-state index >= 15 is 0 Å². The van der Waals surface area contributed by atoms with Crippen molar-refractivity contribution < 1.29 is 0 Å². The number of nitrogens with one attached hydrogen (secondary N) is 1. The first-order chi connectivity index (χ1) is 8.29. The molecule has 1 aromatic heterocycles. The SMILES string of the molecule is CCC(C)c1ccc(CNc2nnns2)cc1. The van der Waals surface area contributed by atoms with E-state index in [-0.39, 0.29) is 0 Å². The van der Waals surface area contributed by atoms with Gasteiger partial charge in [0.1, 0.15) is 0 Å². The number of benzene rings is 1. The summed E-state index contributed by atoms with van der Waals surface area (Å²) in [4.78, 5) is 0. The summed E-state index contributed by atoms with van der Waals surface area (Å²) in [5.74, 6) is 0.629. The molecule has 0 spiro atoms. The van der Waals surface area contributed by atoms with Crippen LogP contribution in [0.1, 0.15) is 37.3 Å². The first-order valence-corrected chi connectivity index (χ1v) is 6.54. The quantitative estimate of drug-likeness (QED) is 0.883. The van der Waals surface area contributed by atoms with Crippen molar-refractivity contribution in [2.75, 3.05) is 5.32 Å². The zero-order chi connectivity index (χ0) is 12.1. The minimum Gasteiger partial charge on any atom is -0.355 e. The van der Waals surface area contributed by atoms with Gasteiger partial charge in [-0.25, -0.2) is 0 Å². The molecule has 0 bridgehead atoms. The monoisotopic (exact) mass is 248 g/mol. The molecule has 90 valence electrons. The largest absolute Gasteiger partial charge is 0.355 e. The van der Waals surface area contributed by atoms with E-state index in [2.05, 4.69) is 58.2 Å². The molecule has 1 atom stereocenters. The molecule has 4 nitrogen and oxygen atoms in total. The molecule has 0 aliphatic carbocycles. The number of hydrogen-bond acceptors (Lipinski definition) is 5. The molecule has 1 unspecified atom stereocenters. The third kappa shape index (κ3) is 3.23. The van der Waals surface area contributed by atoms with Gasteiger partial charge in [0.15, 0.2) is 0 Å². The highest BCUT2D eigenvalue weighted by Crippen LogP contribution is 2.19. The van der Waals surface area contributed by atoms with Crippen molar-refractivity contribution in [3.05, 3.63) is 35.4 Å². The van der Waals surface area contributed by atoms with Crippen LogP contribution in [0.15, 0.2) is 24.3 Å². The van der Waals surface area contributed by atoms with Crippen LogP contribution < -0.4 is 5.32 Å². The minimum atomic E-state index is 0.629. The molecule has 1 N–H and O–H groups in total. The molecule has 2 aromatic rings. The molecule has 0 fully saturated rings. The van der Waals surface area contributed by atoms with Crippen molar-refractivity contribution in [2.24, 2.45) is 0 Å². The van der Waals surface area contributed by atoms with Crippen LogP contribution in [0.5, 0.6) is 0 Å². The van der Waals surface area contributed by atoms with E-state index in [9.17, 15) is 0 Å². The summed E-state index contributed by atoms with van der Waals surface area (Å²) < 4.78 is 3.70. The van der Waals surface area contributed by atoms with E-state index in [0.717, 1.165) is 11.7 Å². The van der Waals surface area contributed by atoms with Crippen LogP contribution in [-0.4, -0.2) is 14.8 Å². The molecule has 0 saturated heterocycles. The molecular formula is C12H16N4S. The molecule has 17 heavy (non-hydrogen) atoms. The van der Waals surface area contributed by atoms with Crippen molar-refractivity contribution in [3.63, 3.8) is 0 Å². The maximum Gasteiger partial charge on any atom is 0.225 e. The highest BCUT2D eigenvalue weighted by atomic mass is 32.1. The molecule has 2 rings (SSSR count). The van der Waals surface area contributed by atoms with Crippen molar-refractivity contribution in [1.82, 2.24) is 14.8 Å². The van der Waals surface area contributed by atoms with Crippen LogP contribution >= 0.6 is 11.5 Å². The summed E-state index contributed by atoms with van der Waals surface area (Å²) in [6.07, 6.45) is 1.17. The van der Waals surface area contributed by atoms with Gasteiger partial charge in [-0.3, -0.25) is 0 Å². The van der Waals surface area contributed by atoms with Gasteiger partial charge in [0.25, 0.3) is 0 Å². The van der Waals surface area contributed by atoms with Gasteiger partial charge in [-0.1, -0.05) is 47.7 Å². The predicted molar refractivity (Wildman–Crippen MR) is 70.2 cm³/mol. The third-order valence-corrected chi connectivity index (χ3v) is 3.46. The lowest BCUT2D eigenvalue weighted by Gasteiger charge is -2.09. The molecule has 0 aliphatic rings. The molecule has 0 radical (unpaired) electrons. The first-order valence-electron chi connectivity index (χ1n) is 5.77. The standard InChI is InChI=1S/C12H16N4S/c1-3-9(2)11-6-4-10(5-7-11)8-13-12-14-15-16-17-12/h4-7,9H,3,8H2,1-2H3,(H,13,14,16). The average Bonchev–Trinajstić information content (AvgIpc) is 2.89. The normalized spacial score (nSPS) is 12.4. The first kappa shape index (κ1) is 12.0. The van der Waals surface area contributed by atoms with E-state index in [0.29, 0.717) is 5.92 Å². The fourth-order valence-electron chi connectivity index (χ4n) is 1.58. The minimum absolute atomic E-state index is 0.629. The second-order valence-corrected chi connectivity index (χ2v) is 4.80. The Morgan fingerprint density at radius 2 is 2.06 bits per heavy atom. The van der Waals surface area contributed by atoms with E-state index in [1.807, 2.05) is 0 Å².